The van der Waals surface area contributed by atoms with Crippen molar-refractivity contribution in [1.29, 1.82) is 0 Å². The second kappa shape index (κ2) is 10.9. The summed E-state index contributed by atoms with van der Waals surface area (Å²) in [5, 5.41) is 0. The fraction of sp³-hybridized carbons (Fsp3) is 0.391. The van der Waals surface area contributed by atoms with Crippen LogP contribution in [0.5, 0.6) is 11.5 Å². The second-order valence-corrected chi connectivity index (χ2v) is 7.33. The molecule has 0 aromatic heterocycles. The standard InChI is InChI=1S/C23H25F3N2O5/c1-31-19-7-2-3-8-20(19)32-14-9-22(30)33-16-21(29)28-12-10-27(11-13-28)18-6-4-5-17(15-18)23(24,25)26/h2-8,15H,9-14,16H2,1H3. The van der Waals surface area contributed by atoms with Crippen LogP contribution in [0.15, 0.2) is 48.5 Å². The third-order valence-corrected chi connectivity index (χ3v) is 5.16. The first-order valence-electron chi connectivity index (χ1n) is 10.4. The van der Waals surface area contributed by atoms with E-state index < -0.39 is 24.3 Å². The van der Waals surface area contributed by atoms with Crippen molar-refractivity contribution in [2.75, 3.05) is 51.4 Å². The van der Waals surface area contributed by atoms with Crippen LogP contribution < -0.4 is 14.4 Å². The number of ether oxygens (including phenoxy) is 3. The van der Waals surface area contributed by atoms with Crippen molar-refractivity contribution in [2.45, 2.75) is 12.6 Å². The number of benzene rings is 2. The number of hydrogen-bond donors (Lipinski definition) is 0. The smallest absolute Gasteiger partial charge is 0.416 e. The van der Waals surface area contributed by atoms with E-state index in [1.54, 1.807) is 35.2 Å². The first kappa shape index (κ1) is 24.2. The molecule has 0 unspecified atom stereocenters. The number of piperazine rings is 1. The molecule has 2 aromatic rings. The number of anilines is 1. The molecule has 0 radical (unpaired) electrons. The quantitative estimate of drug-likeness (QED) is 0.556. The van der Waals surface area contributed by atoms with Gasteiger partial charge in [-0.15, -0.1) is 0 Å². The van der Waals surface area contributed by atoms with E-state index in [0.717, 1.165) is 12.1 Å². The third-order valence-electron chi connectivity index (χ3n) is 5.16. The van der Waals surface area contributed by atoms with Crippen molar-refractivity contribution >= 4 is 17.6 Å². The van der Waals surface area contributed by atoms with Crippen molar-refractivity contribution in [3.8, 4) is 11.5 Å². The summed E-state index contributed by atoms with van der Waals surface area (Å²) in [5.41, 5.74) is -0.251. The van der Waals surface area contributed by atoms with E-state index >= 15 is 0 Å². The normalized spacial score (nSPS) is 14.1. The molecular weight excluding hydrogens is 441 g/mol. The molecule has 1 heterocycles. The van der Waals surface area contributed by atoms with Crippen LogP contribution in [0.3, 0.4) is 0 Å². The first-order valence-corrected chi connectivity index (χ1v) is 10.4. The van der Waals surface area contributed by atoms with Crippen LogP contribution in [0, 0.1) is 0 Å². The summed E-state index contributed by atoms with van der Waals surface area (Å²) in [4.78, 5) is 27.6. The van der Waals surface area contributed by atoms with Crippen LogP contribution in [0.1, 0.15) is 12.0 Å². The zero-order chi connectivity index (χ0) is 23.8. The fourth-order valence-electron chi connectivity index (χ4n) is 3.38. The number of carbonyl (C=O) groups is 2. The molecule has 2 aromatic carbocycles. The number of halogens is 3. The molecule has 1 aliphatic rings. The van der Waals surface area contributed by atoms with Gasteiger partial charge in [-0.2, -0.15) is 13.2 Å². The van der Waals surface area contributed by atoms with Gasteiger partial charge in [-0.05, 0) is 30.3 Å². The van der Waals surface area contributed by atoms with E-state index in [1.165, 1.54) is 18.1 Å². The first-order chi connectivity index (χ1) is 15.8. The molecule has 1 amide bonds. The number of esters is 1. The summed E-state index contributed by atoms with van der Waals surface area (Å²) in [7, 11) is 1.52. The van der Waals surface area contributed by atoms with Crippen LogP contribution in [0.25, 0.3) is 0 Å². The van der Waals surface area contributed by atoms with E-state index in [-0.39, 0.29) is 18.9 Å². The van der Waals surface area contributed by atoms with Gasteiger partial charge in [-0.3, -0.25) is 9.59 Å². The van der Waals surface area contributed by atoms with Gasteiger partial charge >= 0.3 is 12.1 Å². The molecule has 0 aliphatic carbocycles. The molecular formula is C23H25F3N2O5. The minimum atomic E-state index is -4.41. The number of para-hydroxylation sites is 2. The second-order valence-electron chi connectivity index (χ2n) is 7.33. The summed E-state index contributed by atoms with van der Waals surface area (Å²) >= 11 is 0. The van der Waals surface area contributed by atoms with Gasteiger partial charge in [0, 0.05) is 31.9 Å². The van der Waals surface area contributed by atoms with Crippen molar-refractivity contribution in [2.24, 2.45) is 0 Å². The van der Waals surface area contributed by atoms with Gasteiger partial charge in [0.25, 0.3) is 5.91 Å². The van der Waals surface area contributed by atoms with E-state index in [1.807, 2.05) is 0 Å². The highest BCUT2D eigenvalue weighted by Crippen LogP contribution is 2.32. The maximum atomic E-state index is 12.9. The number of nitrogens with zero attached hydrogens (tertiary/aromatic N) is 2. The largest absolute Gasteiger partial charge is 0.493 e. The van der Waals surface area contributed by atoms with Crippen LogP contribution in [-0.2, 0) is 20.5 Å². The summed E-state index contributed by atoms with van der Waals surface area (Å²) < 4.78 is 54.5. The average molecular weight is 466 g/mol. The van der Waals surface area contributed by atoms with Gasteiger partial charge in [-0.25, -0.2) is 0 Å². The molecule has 0 N–H and O–H groups in total. The predicted molar refractivity (Wildman–Crippen MR) is 114 cm³/mol. The molecule has 1 fully saturated rings. The molecule has 10 heteroatoms. The maximum Gasteiger partial charge on any atom is 0.416 e. The van der Waals surface area contributed by atoms with E-state index in [9.17, 15) is 22.8 Å². The van der Waals surface area contributed by atoms with E-state index in [4.69, 9.17) is 14.2 Å². The van der Waals surface area contributed by atoms with Crippen molar-refractivity contribution < 1.29 is 37.0 Å². The summed E-state index contributed by atoms with van der Waals surface area (Å²) in [6.45, 7) is 1.09. The Kier molecular flexibility index (Phi) is 8.02. The van der Waals surface area contributed by atoms with Crippen LogP contribution in [-0.4, -0.2) is 63.3 Å². The SMILES string of the molecule is COc1ccccc1OCCC(=O)OCC(=O)N1CCN(c2cccc(C(F)(F)F)c2)CC1. The Morgan fingerprint density at radius 2 is 1.67 bits per heavy atom. The molecule has 3 rings (SSSR count). The Hall–Kier alpha value is -3.43. The number of hydrogen-bond acceptors (Lipinski definition) is 6. The van der Waals surface area contributed by atoms with Gasteiger partial charge in [0.05, 0.1) is 25.7 Å². The zero-order valence-corrected chi connectivity index (χ0v) is 18.1. The molecule has 0 atom stereocenters. The lowest BCUT2D eigenvalue weighted by molar-refractivity contribution is -0.152. The number of amides is 1. The average Bonchev–Trinajstić information content (AvgIpc) is 2.82. The Bertz CT molecular complexity index is 959. The third kappa shape index (κ3) is 6.77. The molecule has 0 saturated carbocycles. The Labute approximate surface area is 189 Å². The van der Waals surface area contributed by atoms with E-state index in [2.05, 4.69) is 0 Å². The lowest BCUT2D eigenvalue weighted by atomic mass is 10.1. The van der Waals surface area contributed by atoms with Gasteiger partial charge in [-0.1, -0.05) is 18.2 Å². The van der Waals surface area contributed by atoms with E-state index in [0.29, 0.717) is 43.4 Å². The van der Waals surface area contributed by atoms with Crippen LogP contribution >= 0.6 is 0 Å². The van der Waals surface area contributed by atoms with Crippen LogP contribution in [0.2, 0.25) is 0 Å². The number of rotatable bonds is 8. The predicted octanol–water partition coefficient (Wildman–Crippen LogP) is 3.37. The molecule has 178 valence electrons. The summed E-state index contributed by atoms with van der Waals surface area (Å²) in [6, 6.07) is 12.1. The summed E-state index contributed by atoms with van der Waals surface area (Å²) in [5.74, 6) is 0.131. The Morgan fingerprint density at radius 3 is 2.33 bits per heavy atom. The molecule has 0 bridgehead atoms. The van der Waals surface area contributed by atoms with Gasteiger partial charge in [0.1, 0.15) is 0 Å². The number of carbonyl (C=O) groups excluding carboxylic acids is 2. The van der Waals surface area contributed by atoms with Crippen LogP contribution in [0.4, 0.5) is 18.9 Å². The molecule has 1 saturated heterocycles. The van der Waals surface area contributed by atoms with Crippen molar-refractivity contribution in [3.05, 3.63) is 54.1 Å². The van der Waals surface area contributed by atoms with Crippen molar-refractivity contribution in [3.63, 3.8) is 0 Å². The highest BCUT2D eigenvalue weighted by atomic mass is 19.4. The van der Waals surface area contributed by atoms with Gasteiger partial charge in [0.15, 0.2) is 18.1 Å². The topological polar surface area (TPSA) is 68.3 Å². The maximum absolute atomic E-state index is 12.9. The lowest BCUT2D eigenvalue weighted by Crippen LogP contribution is -2.50. The monoisotopic (exact) mass is 466 g/mol. The number of alkyl halides is 3. The molecule has 7 nitrogen and oxygen atoms in total. The molecule has 33 heavy (non-hydrogen) atoms. The zero-order valence-electron chi connectivity index (χ0n) is 18.1. The minimum absolute atomic E-state index is 0.0331. The number of methoxy groups -OCH3 is 1. The van der Waals surface area contributed by atoms with Crippen molar-refractivity contribution in [1.82, 2.24) is 4.90 Å². The molecule has 0 spiro atoms. The Balaban J connectivity index is 1.39. The van der Waals surface area contributed by atoms with Gasteiger partial charge in [0.2, 0.25) is 0 Å². The van der Waals surface area contributed by atoms with Gasteiger partial charge < -0.3 is 24.0 Å². The highest BCUT2D eigenvalue weighted by Gasteiger charge is 2.31. The summed E-state index contributed by atoms with van der Waals surface area (Å²) in [6.07, 6.45) is -4.44. The lowest BCUT2D eigenvalue weighted by Gasteiger charge is -2.36. The minimum Gasteiger partial charge on any atom is -0.493 e. The highest BCUT2D eigenvalue weighted by molar-refractivity contribution is 5.81. The fourth-order valence-corrected chi connectivity index (χ4v) is 3.38. The Morgan fingerprint density at radius 1 is 0.970 bits per heavy atom. The molecule has 1 aliphatic heterocycles.